The van der Waals surface area contributed by atoms with Gasteiger partial charge in [0, 0.05) is 5.56 Å². The van der Waals surface area contributed by atoms with Crippen molar-refractivity contribution in [1.82, 2.24) is 0 Å². The highest BCUT2D eigenvalue weighted by molar-refractivity contribution is 6.01. The lowest BCUT2D eigenvalue weighted by Gasteiger charge is -2.12. The van der Waals surface area contributed by atoms with Gasteiger partial charge in [-0.25, -0.2) is 9.18 Å². The molecule has 4 heteroatoms. The molecule has 0 aliphatic carbocycles. The lowest BCUT2D eigenvalue weighted by atomic mass is 10.1. The van der Waals surface area contributed by atoms with Crippen LogP contribution in [0.4, 0.5) is 4.39 Å². The third kappa shape index (κ3) is 3.29. The van der Waals surface area contributed by atoms with Gasteiger partial charge in [0.05, 0.1) is 5.56 Å². The maximum absolute atomic E-state index is 12.8. The molecule has 0 aromatic heterocycles. The second-order valence-electron chi connectivity index (χ2n) is 4.28. The Morgan fingerprint density at radius 1 is 0.950 bits per heavy atom. The number of hydrogen-bond acceptors (Lipinski definition) is 3. The van der Waals surface area contributed by atoms with E-state index in [-0.39, 0.29) is 11.3 Å². The number of Topliss-reactive ketones (excluding diaryl/α,β-unsaturated/α-hetero) is 1. The number of ketones is 1. The molecular weight excluding hydrogens is 259 g/mol. The van der Waals surface area contributed by atoms with Gasteiger partial charge in [-0.1, -0.05) is 30.3 Å². The molecule has 102 valence electrons. The molecule has 1 unspecified atom stereocenters. The van der Waals surface area contributed by atoms with Crippen molar-refractivity contribution in [3.8, 4) is 0 Å². The molecule has 2 aromatic carbocycles. The third-order valence-corrected chi connectivity index (χ3v) is 2.79. The van der Waals surface area contributed by atoms with Crippen LogP contribution in [-0.2, 0) is 4.74 Å². The van der Waals surface area contributed by atoms with E-state index in [9.17, 15) is 14.0 Å². The summed E-state index contributed by atoms with van der Waals surface area (Å²) in [6.07, 6.45) is -0.894. The average Bonchev–Trinajstić information content (AvgIpc) is 2.48. The summed E-state index contributed by atoms with van der Waals surface area (Å²) in [5, 5.41) is 0. The fourth-order valence-electron chi connectivity index (χ4n) is 1.71. The van der Waals surface area contributed by atoms with Gasteiger partial charge in [0.2, 0.25) is 5.78 Å². The van der Waals surface area contributed by atoms with E-state index in [1.807, 2.05) is 0 Å². The van der Waals surface area contributed by atoms with Crippen molar-refractivity contribution in [2.75, 3.05) is 0 Å². The molecule has 0 saturated carbocycles. The zero-order chi connectivity index (χ0) is 14.5. The fraction of sp³-hybridized carbons (Fsp3) is 0.125. The molecule has 0 amide bonds. The van der Waals surface area contributed by atoms with Crippen LogP contribution in [0.15, 0.2) is 54.6 Å². The monoisotopic (exact) mass is 272 g/mol. The first-order chi connectivity index (χ1) is 9.58. The van der Waals surface area contributed by atoms with Gasteiger partial charge in [0.25, 0.3) is 0 Å². The van der Waals surface area contributed by atoms with E-state index < -0.39 is 17.9 Å². The van der Waals surface area contributed by atoms with Crippen LogP contribution in [-0.4, -0.2) is 17.9 Å². The first-order valence-corrected chi connectivity index (χ1v) is 6.14. The summed E-state index contributed by atoms with van der Waals surface area (Å²) in [6, 6.07) is 13.6. The van der Waals surface area contributed by atoms with Gasteiger partial charge in [0.15, 0.2) is 6.10 Å². The molecule has 3 nitrogen and oxygen atoms in total. The number of halogens is 1. The molecule has 0 radical (unpaired) electrons. The Morgan fingerprint density at radius 2 is 1.55 bits per heavy atom. The Bertz CT molecular complexity index is 605. The second kappa shape index (κ2) is 6.10. The fourth-order valence-corrected chi connectivity index (χ4v) is 1.71. The van der Waals surface area contributed by atoms with Crippen molar-refractivity contribution < 1.29 is 18.7 Å². The quantitative estimate of drug-likeness (QED) is 0.634. The zero-order valence-corrected chi connectivity index (χ0v) is 10.9. The summed E-state index contributed by atoms with van der Waals surface area (Å²) >= 11 is 0. The van der Waals surface area contributed by atoms with E-state index >= 15 is 0 Å². The lowest BCUT2D eigenvalue weighted by molar-refractivity contribution is 0.0319. The smallest absolute Gasteiger partial charge is 0.338 e. The Labute approximate surface area is 116 Å². The predicted octanol–water partition coefficient (Wildman–Crippen LogP) is 3.25. The summed E-state index contributed by atoms with van der Waals surface area (Å²) in [7, 11) is 0. The van der Waals surface area contributed by atoms with Crippen molar-refractivity contribution in [2.24, 2.45) is 0 Å². The van der Waals surface area contributed by atoms with Crippen molar-refractivity contribution in [3.05, 3.63) is 71.5 Å². The molecule has 0 spiro atoms. The molecular formula is C16H13FO3. The highest BCUT2D eigenvalue weighted by Crippen LogP contribution is 2.10. The van der Waals surface area contributed by atoms with Crippen LogP contribution in [0.2, 0.25) is 0 Å². The second-order valence-corrected chi connectivity index (χ2v) is 4.28. The first-order valence-electron chi connectivity index (χ1n) is 6.14. The molecule has 0 saturated heterocycles. The first kappa shape index (κ1) is 13.9. The summed E-state index contributed by atoms with van der Waals surface area (Å²) in [4.78, 5) is 23.8. The molecule has 0 heterocycles. The topological polar surface area (TPSA) is 43.4 Å². The number of carbonyl (C=O) groups is 2. The van der Waals surface area contributed by atoms with Crippen LogP contribution < -0.4 is 0 Å². The normalized spacial score (nSPS) is 11.7. The van der Waals surface area contributed by atoms with Gasteiger partial charge in [-0.05, 0) is 31.2 Å². The van der Waals surface area contributed by atoms with Crippen molar-refractivity contribution in [1.29, 1.82) is 0 Å². The van der Waals surface area contributed by atoms with Crippen LogP contribution in [0.25, 0.3) is 0 Å². The minimum absolute atomic E-state index is 0.208. The minimum Gasteiger partial charge on any atom is -0.451 e. The molecule has 0 fully saturated rings. The molecule has 0 N–H and O–H groups in total. The van der Waals surface area contributed by atoms with Crippen molar-refractivity contribution in [2.45, 2.75) is 13.0 Å². The molecule has 0 aliphatic rings. The van der Waals surface area contributed by atoms with Crippen LogP contribution in [0.1, 0.15) is 27.6 Å². The highest BCUT2D eigenvalue weighted by Gasteiger charge is 2.20. The highest BCUT2D eigenvalue weighted by atomic mass is 19.1. The maximum atomic E-state index is 12.8. The van der Waals surface area contributed by atoms with E-state index in [0.29, 0.717) is 5.56 Å². The summed E-state index contributed by atoms with van der Waals surface area (Å²) in [5.41, 5.74) is 0.686. The van der Waals surface area contributed by atoms with Gasteiger partial charge < -0.3 is 4.74 Å². The number of ether oxygens (including phenoxy) is 1. The van der Waals surface area contributed by atoms with E-state index in [2.05, 4.69) is 0 Å². The molecule has 2 rings (SSSR count). The van der Waals surface area contributed by atoms with Gasteiger partial charge in [-0.2, -0.15) is 0 Å². The Kier molecular flexibility index (Phi) is 4.25. The minimum atomic E-state index is -0.894. The summed E-state index contributed by atoms with van der Waals surface area (Å²) in [5.74, 6) is -1.36. The maximum Gasteiger partial charge on any atom is 0.338 e. The van der Waals surface area contributed by atoms with E-state index in [4.69, 9.17) is 4.74 Å². The summed E-state index contributed by atoms with van der Waals surface area (Å²) < 4.78 is 17.8. The van der Waals surface area contributed by atoms with Crippen LogP contribution in [0.3, 0.4) is 0 Å². The number of esters is 1. The van der Waals surface area contributed by atoms with Crippen LogP contribution >= 0.6 is 0 Å². The van der Waals surface area contributed by atoms with Crippen LogP contribution in [0, 0.1) is 5.82 Å². The standard InChI is InChI=1S/C16H13FO3/c1-11(15(18)12-5-3-2-4-6-12)20-16(19)13-7-9-14(17)10-8-13/h2-11H,1H3. The Hall–Kier alpha value is -2.49. The Morgan fingerprint density at radius 3 is 2.15 bits per heavy atom. The lowest BCUT2D eigenvalue weighted by Crippen LogP contribution is -2.24. The number of benzene rings is 2. The molecule has 1 atom stereocenters. The van der Waals surface area contributed by atoms with Gasteiger partial charge in [0.1, 0.15) is 5.82 Å². The number of carbonyl (C=O) groups excluding carboxylic acids is 2. The predicted molar refractivity (Wildman–Crippen MR) is 72.1 cm³/mol. The van der Waals surface area contributed by atoms with E-state index in [1.54, 1.807) is 30.3 Å². The summed E-state index contributed by atoms with van der Waals surface area (Å²) in [6.45, 7) is 1.51. The molecule has 20 heavy (non-hydrogen) atoms. The SMILES string of the molecule is CC(OC(=O)c1ccc(F)cc1)C(=O)c1ccccc1. The van der Waals surface area contributed by atoms with Gasteiger partial charge >= 0.3 is 5.97 Å². The van der Waals surface area contributed by atoms with E-state index in [0.717, 1.165) is 0 Å². The van der Waals surface area contributed by atoms with Crippen molar-refractivity contribution >= 4 is 11.8 Å². The molecule has 2 aromatic rings. The number of hydrogen-bond donors (Lipinski definition) is 0. The Balaban J connectivity index is 2.04. The van der Waals surface area contributed by atoms with Crippen LogP contribution in [0.5, 0.6) is 0 Å². The average molecular weight is 272 g/mol. The third-order valence-electron chi connectivity index (χ3n) is 2.79. The van der Waals surface area contributed by atoms with Crippen molar-refractivity contribution in [3.63, 3.8) is 0 Å². The molecule has 0 aliphatic heterocycles. The number of rotatable bonds is 4. The molecule has 0 bridgehead atoms. The largest absolute Gasteiger partial charge is 0.451 e. The van der Waals surface area contributed by atoms with Gasteiger partial charge in [-0.15, -0.1) is 0 Å². The zero-order valence-electron chi connectivity index (χ0n) is 10.9. The van der Waals surface area contributed by atoms with Gasteiger partial charge in [-0.3, -0.25) is 4.79 Å². The van der Waals surface area contributed by atoms with E-state index in [1.165, 1.54) is 31.2 Å².